The van der Waals surface area contributed by atoms with E-state index in [4.69, 9.17) is 9.47 Å². The Morgan fingerprint density at radius 3 is 2.63 bits per heavy atom. The first-order chi connectivity index (χ1) is 12.6. The summed E-state index contributed by atoms with van der Waals surface area (Å²) in [4.78, 5) is 25.5. The molecule has 0 unspecified atom stereocenters. The van der Waals surface area contributed by atoms with Gasteiger partial charge in [-0.05, 0) is 19.9 Å². The lowest BCUT2D eigenvalue weighted by atomic mass is 10.1. The first-order valence-electron chi connectivity index (χ1n) is 8.77. The minimum atomic E-state index is -0.589. The van der Waals surface area contributed by atoms with Crippen molar-refractivity contribution in [2.75, 3.05) is 53.0 Å². The Hall–Kier alpha value is -2.10. The standard InChI is InChI=1S/C17H26N4O5.ClH/c1-3-26-16-11-13(14(21(23)24)12-15(16)25-2)17(22)19-5-4-8-20-9-6-18-7-10-20;/h11-12,18H,3-10H2,1-2H3,(H,19,22);1H. The predicted octanol–water partition coefficient (Wildman–Crippen LogP) is 1.45. The van der Waals surface area contributed by atoms with Crippen LogP contribution in [-0.4, -0.2) is 68.7 Å². The lowest BCUT2D eigenvalue weighted by molar-refractivity contribution is -0.385. The van der Waals surface area contributed by atoms with Crippen molar-refractivity contribution in [3.63, 3.8) is 0 Å². The molecule has 1 amide bonds. The number of hydrogen-bond acceptors (Lipinski definition) is 7. The van der Waals surface area contributed by atoms with Gasteiger partial charge in [0.15, 0.2) is 11.5 Å². The fourth-order valence-electron chi connectivity index (χ4n) is 2.84. The molecular weight excluding hydrogens is 376 g/mol. The Balaban J connectivity index is 0.00000364. The van der Waals surface area contributed by atoms with E-state index in [1.165, 1.54) is 19.2 Å². The zero-order valence-corrected chi connectivity index (χ0v) is 16.5. The summed E-state index contributed by atoms with van der Waals surface area (Å²) in [5.41, 5.74) is -0.327. The number of rotatable bonds is 9. The largest absolute Gasteiger partial charge is 0.493 e. The third kappa shape index (κ3) is 6.53. The molecule has 0 saturated carbocycles. The molecule has 0 spiro atoms. The van der Waals surface area contributed by atoms with Gasteiger partial charge in [0.2, 0.25) is 0 Å². The van der Waals surface area contributed by atoms with Crippen molar-refractivity contribution < 1.29 is 19.2 Å². The van der Waals surface area contributed by atoms with Gasteiger partial charge in [0.05, 0.1) is 24.7 Å². The van der Waals surface area contributed by atoms with Crippen LogP contribution >= 0.6 is 12.4 Å². The molecule has 1 aromatic rings. The van der Waals surface area contributed by atoms with Gasteiger partial charge < -0.3 is 25.0 Å². The minimum Gasteiger partial charge on any atom is -0.493 e. The van der Waals surface area contributed by atoms with Gasteiger partial charge in [-0.25, -0.2) is 0 Å². The summed E-state index contributed by atoms with van der Waals surface area (Å²) in [6.07, 6.45) is 0.786. The first-order valence-corrected chi connectivity index (χ1v) is 8.77. The summed E-state index contributed by atoms with van der Waals surface area (Å²) < 4.78 is 10.5. The monoisotopic (exact) mass is 402 g/mol. The lowest BCUT2D eigenvalue weighted by Crippen LogP contribution is -2.44. The van der Waals surface area contributed by atoms with Crippen molar-refractivity contribution in [2.45, 2.75) is 13.3 Å². The Morgan fingerprint density at radius 1 is 1.33 bits per heavy atom. The molecule has 27 heavy (non-hydrogen) atoms. The predicted molar refractivity (Wildman–Crippen MR) is 104 cm³/mol. The van der Waals surface area contributed by atoms with E-state index in [0.29, 0.717) is 18.9 Å². The molecule has 2 N–H and O–H groups in total. The third-order valence-corrected chi connectivity index (χ3v) is 4.17. The van der Waals surface area contributed by atoms with Crippen LogP contribution < -0.4 is 20.1 Å². The van der Waals surface area contributed by atoms with E-state index in [9.17, 15) is 14.9 Å². The molecular formula is C17H27ClN4O5. The molecule has 1 fully saturated rings. The van der Waals surface area contributed by atoms with Crippen LogP contribution in [0.5, 0.6) is 11.5 Å². The van der Waals surface area contributed by atoms with Gasteiger partial charge in [0.1, 0.15) is 5.56 Å². The van der Waals surface area contributed by atoms with Crippen LogP contribution in [0, 0.1) is 10.1 Å². The lowest BCUT2D eigenvalue weighted by Gasteiger charge is -2.27. The van der Waals surface area contributed by atoms with E-state index in [1.807, 2.05) is 0 Å². The molecule has 10 heteroatoms. The van der Waals surface area contributed by atoms with Crippen LogP contribution in [0.1, 0.15) is 23.7 Å². The van der Waals surface area contributed by atoms with Crippen LogP contribution in [0.2, 0.25) is 0 Å². The average Bonchev–Trinajstić information content (AvgIpc) is 2.65. The van der Waals surface area contributed by atoms with Crippen LogP contribution in [-0.2, 0) is 0 Å². The average molecular weight is 403 g/mol. The number of amides is 1. The molecule has 152 valence electrons. The molecule has 1 heterocycles. The molecule has 0 aliphatic carbocycles. The third-order valence-electron chi connectivity index (χ3n) is 4.17. The topological polar surface area (TPSA) is 106 Å². The Labute approximate surface area is 164 Å². The highest BCUT2D eigenvalue weighted by Gasteiger charge is 2.24. The van der Waals surface area contributed by atoms with Crippen molar-refractivity contribution >= 4 is 24.0 Å². The van der Waals surface area contributed by atoms with Crippen molar-refractivity contribution in [1.29, 1.82) is 0 Å². The van der Waals surface area contributed by atoms with Gasteiger partial charge in [0, 0.05) is 38.8 Å². The van der Waals surface area contributed by atoms with Crippen molar-refractivity contribution in [1.82, 2.24) is 15.5 Å². The maximum absolute atomic E-state index is 12.4. The van der Waals surface area contributed by atoms with E-state index in [1.54, 1.807) is 6.92 Å². The van der Waals surface area contributed by atoms with Gasteiger partial charge >= 0.3 is 0 Å². The smallest absolute Gasteiger partial charge is 0.286 e. The number of benzene rings is 1. The quantitative estimate of drug-likeness (QED) is 0.366. The molecule has 0 atom stereocenters. The second-order valence-electron chi connectivity index (χ2n) is 5.91. The molecule has 1 aromatic carbocycles. The van der Waals surface area contributed by atoms with E-state index in [0.717, 1.165) is 39.1 Å². The summed E-state index contributed by atoms with van der Waals surface area (Å²) in [5.74, 6) is 0.0565. The Kier molecular flexibility index (Phi) is 9.84. The van der Waals surface area contributed by atoms with E-state index in [2.05, 4.69) is 15.5 Å². The fraction of sp³-hybridized carbons (Fsp3) is 0.588. The van der Waals surface area contributed by atoms with Crippen LogP contribution in [0.15, 0.2) is 12.1 Å². The SMILES string of the molecule is CCOc1cc(C(=O)NCCCN2CCNCC2)c([N+](=O)[O-])cc1OC.Cl. The van der Waals surface area contributed by atoms with Gasteiger partial charge in [0.25, 0.3) is 11.6 Å². The Morgan fingerprint density at radius 2 is 2.04 bits per heavy atom. The van der Waals surface area contributed by atoms with E-state index in [-0.39, 0.29) is 29.4 Å². The molecule has 2 rings (SSSR count). The number of piperazine rings is 1. The van der Waals surface area contributed by atoms with Crippen LogP contribution in [0.25, 0.3) is 0 Å². The number of nitro groups is 1. The normalized spacial score (nSPS) is 14.1. The highest BCUT2D eigenvalue weighted by atomic mass is 35.5. The number of nitro benzene ring substituents is 1. The van der Waals surface area contributed by atoms with Crippen molar-refractivity contribution in [3.8, 4) is 11.5 Å². The number of methoxy groups -OCH3 is 1. The summed E-state index contributed by atoms with van der Waals surface area (Å²) in [7, 11) is 1.40. The zero-order valence-electron chi connectivity index (χ0n) is 15.7. The van der Waals surface area contributed by atoms with Gasteiger partial charge in [-0.15, -0.1) is 12.4 Å². The van der Waals surface area contributed by atoms with Crippen molar-refractivity contribution in [2.24, 2.45) is 0 Å². The molecule has 0 radical (unpaired) electrons. The number of ether oxygens (including phenoxy) is 2. The number of hydrogen-bond donors (Lipinski definition) is 2. The van der Waals surface area contributed by atoms with Gasteiger partial charge in [-0.1, -0.05) is 0 Å². The number of carbonyl (C=O) groups is 1. The second kappa shape index (κ2) is 11.6. The molecule has 0 aromatic heterocycles. The molecule has 0 bridgehead atoms. The molecule has 1 saturated heterocycles. The number of carbonyl (C=O) groups excluding carboxylic acids is 1. The zero-order chi connectivity index (χ0) is 18.9. The summed E-state index contributed by atoms with van der Waals surface area (Å²) in [5, 5.41) is 17.4. The highest BCUT2D eigenvalue weighted by molar-refractivity contribution is 5.99. The van der Waals surface area contributed by atoms with Gasteiger partial charge in [-0.3, -0.25) is 14.9 Å². The van der Waals surface area contributed by atoms with Crippen LogP contribution in [0.3, 0.4) is 0 Å². The summed E-state index contributed by atoms with van der Waals surface area (Å²) >= 11 is 0. The summed E-state index contributed by atoms with van der Waals surface area (Å²) in [6, 6.07) is 2.59. The Bertz CT molecular complexity index is 638. The molecule has 9 nitrogen and oxygen atoms in total. The number of nitrogens with zero attached hydrogens (tertiary/aromatic N) is 2. The highest BCUT2D eigenvalue weighted by Crippen LogP contribution is 2.34. The van der Waals surface area contributed by atoms with Crippen LogP contribution in [0.4, 0.5) is 5.69 Å². The van der Waals surface area contributed by atoms with Gasteiger partial charge in [-0.2, -0.15) is 0 Å². The van der Waals surface area contributed by atoms with E-state index >= 15 is 0 Å². The maximum Gasteiger partial charge on any atom is 0.286 e. The molecule has 1 aliphatic heterocycles. The van der Waals surface area contributed by atoms with E-state index < -0.39 is 10.8 Å². The minimum absolute atomic E-state index is 0. The molecule has 1 aliphatic rings. The number of halogens is 1. The summed E-state index contributed by atoms with van der Waals surface area (Å²) in [6.45, 7) is 7.43. The first kappa shape index (κ1) is 22.9. The number of nitrogens with one attached hydrogen (secondary N) is 2. The van der Waals surface area contributed by atoms with Crippen molar-refractivity contribution in [3.05, 3.63) is 27.8 Å². The maximum atomic E-state index is 12.4. The fourth-order valence-corrected chi connectivity index (χ4v) is 2.84. The second-order valence-corrected chi connectivity index (χ2v) is 5.91.